The molecule has 2 aromatic rings. The minimum atomic E-state index is -0.953. The maximum absolute atomic E-state index is 12.2. The lowest BCUT2D eigenvalue weighted by atomic mass is 10.1. The number of carboxylic acid groups (broad SMARTS) is 1. The minimum Gasteiger partial charge on any atom is -0.478 e. The van der Waals surface area contributed by atoms with E-state index in [1.54, 1.807) is 47.5 Å². The van der Waals surface area contributed by atoms with E-state index in [1.807, 2.05) is 12.3 Å². The average molecular weight is 318 g/mol. The SMILES string of the molecule is CCc1nc(CC(=O)N(C)Cc2ccc(C(=O)O)cc2)cs1. The standard InChI is InChI=1S/C16H18N2O3S/c1-3-14-17-13(10-22-14)8-15(19)18(2)9-11-4-6-12(7-5-11)16(20)21/h4-7,10H,3,8-9H2,1-2H3,(H,20,21). The van der Waals surface area contributed by atoms with E-state index in [0.29, 0.717) is 13.0 Å². The van der Waals surface area contributed by atoms with E-state index in [9.17, 15) is 9.59 Å². The Bertz CT molecular complexity index is 664. The summed E-state index contributed by atoms with van der Waals surface area (Å²) in [6.45, 7) is 2.49. The first-order valence-electron chi connectivity index (χ1n) is 6.99. The smallest absolute Gasteiger partial charge is 0.335 e. The number of carbonyl (C=O) groups excluding carboxylic acids is 1. The molecule has 1 heterocycles. The van der Waals surface area contributed by atoms with Crippen molar-refractivity contribution in [2.45, 2.75) is 26.3 Å². The highest BCUT2D eigenvalue weighted by Crippen LogP contribution is 2.12. The van der Waals surface area contributed by atoms with Gasteiger partial charge in [0.25, 0.3) is 0 Å². The number of likely N-dealkylation sites (N-methyl/N-ethyl adjacent to an activating group) is 1. The molecule has 0 unspecified atom stereocenters. The second kappa shape index (κ2) is 7.17. The second-order valence-electron chi connectivity index (χ2n) is 5.01. The number of benzene rings is 1. The lowest BCUT2D eigenvalue weighted by molar-refractivity contribution is -0.129. The van der Waals surface area contributed by atoms with Crippen molar-refractivity contribution >= 4 is 23.2 Å². The fourth-order valence-electron chi connectivity index (χ4n) is 2.00. The number of amides is 1. The maximum Gasteiger partial charge on any atom is 0.335 e. The largest absolute Gasteiger partial charge is 0.478 e. The zero-order chi connectivity index (χ0) is 16.1. The number of aromatic nitrogens is 1. The van der Waals surface area contributed by atoms with Gasteiger partial charge in [-0.1, -0.05) is 19.1 Å². The Morgan fingerprint density at radius 2 is 1.95 bits per heavy atom. The Morgan fingerprint density at radius 1 is 1.27 bits per heavy atom. The second-order valence-corrected chi connectivity index (χ2v) is 5.96. The van der Waals surface area contributed by atoms with Crippen molar-refractivity contribution in [1.29, 1.82) is 0 Å². The fourth-order valence-corrected chi connectivity index (χ4v) is 2.74. The molecule has 0 aliphatic carbocycles. The average Bonchev–Trinajstić information content (AvgIpc) is 2.95. The molecule has 1 aromatic carbocycles. The monoisotopic (exact) mass is 318 g/mol. The summed E-state index contributed by atoms with van der Waals surface area (Å²) in [5.41, 5.74) is 1.94. The highest BCUT2D eigenvalue weighted by molar-refractivity contribution is 7.09. The van der Waals surface area contributed by atoms with Crippen molar-refractivity contribution in [3.63, 3.8) is 0 Å². The van der Waals surface area contributed by atoms with Gasteiger partial charge in [-0.15, -0.1) is 11.3 Å². The predicted molar refractivity (Wildman–Crippen MR) is 85.1 cm³/mol. The summed E-state index contributed by atoms with van der Waals surface area (Å²) < 4.78 is 0. The molecule has 0 aliphatic rings. The van der Waals surface area contributed by atoms with Gasteiger partial charge in [0.1, 0.15) is 0 Å². The first-order valence-corrected chi connectivity index (χ1v) is 7.87. The molecule has 116 valence electrons. The van der Waals surface area contributed by atoms with Crippen LogP contribution in [0.15, 0.2) is 29.6 Å². The highest BCUT2D eigenvalue weighted by atomic mass is 32.1. The third-order valence-electron chi connectivity index (χ3n) is 3.28. The summed E-state index contributed by atoms with van der Waals surface area (Å²) >= 11 is 1.57. The summed E-state index contributed by atoms with van der Waals surface area (Å²) in [7, 11) is 1.74. The summed E-state index contributed by atoms with van der Waals surface area (Å²) in [5, 5.41) is 11.8. The fraction of sp³-hybridized carbons (Fsp3) is 0.312. The molecule has 0 fully saturated rings. The molecule has 0 saturated carbocycles. The van der Waals surface area contributed by atoms with E-state index >= 15 is 0 Å². The van der Waals surface area contributed by atoms with E-state index in [1.165, 1.54) is 0 Å². The molecular weight excluding hydrogens is 300 g/mol. The third-order valence-corrected chi connectivity index (χ3v) is 4.32. The molecule has 2 rings (SSSR count). The van der Waals surface area contributed by atoms with Gasteiger partial charge < -0.3 is 10.0 Å². The van der Waals surface area contributed by atoms with Crippen molar-refractivity contribution < 1.29 is 14.7 Å². The number of rotatable bonds is 6. The van der Waals surface area contributed by atoms with E-state index < -0.39 is 5.97 Å². The van der Waals surface area contributed by atoms with Gasteiger partial charge in [0.05, 0.1) is 22.7 Å². The maximum atomic E-state index is 12.2. The molecule has 0 atom stereocenters. The zero-order valence-corrected chi connectivity index (χ0v) is 13.4. The van der Waals surface area contributed by atoms with E-state index in [-0.39, 0.29) is 11.5 Å². The number of hydrogen-bond acceptors (Lipinski definition) is 4. The van der Waals surface area contributed by atoms with Crippen molar-refractivity contribution in [2.24, 2.45) is 0 Å². The molecule has 1 amide bonds. The van der Waals surface area contributed by atoms with Crippen LogP contribution in [0.4, 0.5) is 0 Å². The molecule has 1 N–H and O–H groups in total. The number of nitrogens with zero attached hydrogens (tertiary/aromatic N) is 2. The van der Waals surface area contributed by atoms with Crippen LogP contribution in [0.3, 0.4) is 0 Å². The van der Waals surface area contributed by atoms with Crippen LogP contribution in [-0.2, 0) is 24.2 Å². The van der Waals surface area contributed by atoms with Gasteiger partial charge in [-0.05, 0) is 24.1 Å². The topological polar surface area (TPSA) is 70.5 Å². The quantitative estimate of drug-likeness (QED) is 0.889. The minimum absolute atomic E-state index is 0.00439. The van der Waals surface area contributed by atoms with Gasteiger partial charge in [-0.3, -0.25) is 4.79 Å². The molecular formula is C16H18N2O3S. The first kappa shape index (κ1) is 16.2. The van der Waals surface area contributed by atoms with E-state index in [0.717, 1.165) is 22.7 Å². The van der Waals surface area contributed by atoms with E-state index in [4.69, 9.17) is 5.11 Å². The number of hydrogen-bond donors (Lipinski definition) is 1. The lowest BCUT2D eigenvalue weighted by Gasteiger charge is -2.16. The van der Waals surface area contributed by atoms with Crippen molar-refractivity contribution in [1.82, 2.24) is 9.88 Å². The van der Waals surface area contributed by atoms with Crippen LogP contribution < -0.4 is 0 Å². The lowest BCUT2D eigenvalue weighted by Crippen LogP contribution is -2.27. The zero-order valence-electron chi connectivity index (χ0n) is 12.6. The first-order chi connectivity index (χ1) is 10.5. The van der Waals surface area contributed by atoms with Crippen LogP contribution >= 0.6 is 11.3 Å². The molecule has 6 heteroatoms. The van der Waals surface area contributed by atoms with Gasteiger partial charge in [0.2, 0.25) is 5.91 Å². The van der Waals surface area contributed by atoms with Crippen molar-refractivity contribution in [2.75, 3.05) is 7.05 Å². The summed E-state index contributed by atoms with van der Waals surface area (Å²) in [5.74, 6) is -0.957. The molecule has 22 heavy (non-hydrogen) atoms. The number of thiazole rings is 1. The van der Waals surface area contributed by atoms with Crippen LogP contribution in [0.1, 0.15) is 33.5 Å². The Morgan fingerprint density at radius 3 is 2.50 bits per heavy atom. The molecule has 0 aliphatic heterocycles. The highest BCUT2D eigenvalue weighted by Gasteiger charge is 2.12. The number of aryl methyl sites for hydroxylation is 1. The van der Waals surface area contributed by atoms with Crippen LogP contribution in [0.2, 0.25) is 0 Å². The van der Waals surface area contributed by atoms with Crippen LogP contribution in [0.5, 0.6) is 0 Å². The van der Waals surface area contributed by atoms with Crippen LogP contribution in [-0.4, -0.2) is 33.9 Å². The number of carboxylic acids is 1. The number of carbonyl (C=O) groups is 2. The van der Waals surface area contributed by atoms with Crippen LogP contribution in [0.25, 0.3) is 0 Å². The Hall–Kier alpha value is -2.21. The normalized spacial score (nSPS) is 10.5. The molecule has 0 saturated heterocycles. The summed E-state index contributed by atoms with van der Waals surface area (Å²) in [4.78, 5) is 29.0. The Balaban J connectivity index is 1.94. The molecule has 1 aromatic heterocycles. The van der Waals surface area contributed by atoms with Gasteiger partial charge >= 0.3 is 5.97 Å². The molecule has 5 nitrogen and oxygen atoms in total. The molecule has 0 radical (unpaired) electrons. The van der Waals surface area contributed by atoms with Crippen molar-refractivity contribution in [3.05, 3.63) is 51.5 Å². The van der Waals surface area contributed by atoms with Gasteiger partial charge in [0.15, 0.2) is 0 Å². The summed E-state index contributed by atoms with van der Waals surface area (Å²) in [6, 6.07) is 6.55. The van der Waals surface area contributed by atoms with Gasteiger partial charge in [-0.25, -0.2) is 9.78 Å². The van der Waals surface area contributed by atoms with Gasteiger partial charge in [-0.2, -0.15) is 0 Å². The predicted octanol–water partition coefficient (Wildman–Crippen LogP) is 2.60. The Kier molecular flexibility index (Phi) is 5.27. The Labute approximate surface area is 133 Å². The third kappa shape index (κ3) is 4.14. The summed E-state index contributed by atoms with van der Waals surface area (Å²) in [6.07, 6.45) is 1.17. The van der Waals surface area contributed by atoms with E-state index in [2.05, 4.69) is 4.98 Å². The number of aromatic carboxylic acids is 1. The van der Waals surface area contributed by atoms with Gasteiger partial charge in [0, 0.05) is 19.0 Å². The van der Waals surface area contributed by atoms with Crippen molar-refractivity contribution in [3.8, 4) is 0 Å². The molecule has 0 spiro atoms. The molecule has 0 bridgehead atoms. The van der Waals surface area contributed by atoms with Crippen LogP contribution in [0, 0.1) is 0 Å².